The molecule has 1 aliphatic rings. The monoisotopic (exact) mass is 292 g/mol. The second-order valence-corrected chi connectivity index (χ2v) is 6.11. The smallest absolute Gasteiger partial charge is 0.218 e. The minimum Gasteiger partial charge on any atom is -0.469 e. The summed E-state index contributed by atoms with van der Waals surface area (Å²) in [6.45, 7) is 8.12. The number of carbonyl (C=O) groups excluding carboxylic acids is 1. The van der Waals surface area contributed by atoms with Gasteiger partial charge in [-0.3, -0.25) is 4.79 Å². The molecule has 5 heteroatoms. The summed E-state index contributed by atoms with van der Waals surface area (Å²) in [5, 5.41) is 13.9. The van der Waals surface area contributed by atoms with Crippen LogP contribution < -0.4 is 10.1 Å². The molecule has 0 spiro atoms. The fourth-order valence-corrected chi connectivity index (χ4v) is 2.51. The number of ether oxygens (including phenoxy) is 1. The van der Waals surface area contributed by atoms with Gasteiger partial charge in [0.25, 0.3) is 0 Å². The number of carbonyl (C=O) groups is 1. The van der Waals surface area contributed by atoms with Crippen molar-refractivity contribution in [3.63, 3.8) is 0 Å². The molecule has 1 aromatic rings. The average molecular weight is 292 g/mol. The summed E-state index contributed by atoms with van der Waals surface area (Å²) in [5.74, 6) is 0.446. The predicted molar refractivity (Wildman–Crippen MR) is 80.6 cm³/mol. The Kier molecular flexibility index (Phi) is 4.64. The minimum absolute atomic E-state index is 0.0445. The molecular weight excluding hydrogens is 268 g/mol. The Balaban J connectivity index is 2.37. The second-order valence-electron chi connectivity index (χ2n) is 6.11. The molecule has 0 fully saturated rings. The van der Waals surface area contributed by atoms with E-state index < -0.39 is 11.7 Å². The summed E-state index contributed by atoms with van der Waals surface area (Å²) >= 11 is 0. The summed E-state index contributed by atoms with van der Waals surface area (Å²) in [5.41, 5.74) is 0.568. The van der Waals surface area contributed by atoms with Gasteiger partial charge in [-0.25, -0.2) is 4.98 Å². The lowest BCUT2D eigenvalue weighted by atomic mass is 9.87. The van der Waals surface area contributed by atoms with Crippen molar-refractivity contribution in [1.82, 2.24) is 10.3 Å². The predicted octanol–water partition coefficient (Wildman–Crippen LogP) is 2.25. The molecule has 0 radical (unpaired) electrons. The molecule has 2 N–H and O–H groups in total. The van der Waals surface area contributed by atoms with Crippen LogP contribution in [0.25, 0.3) is 0 Å². The Labute approximate surface area is 125 Å². The minimum atomic E-state index is -0.721. The fraction of sp³-hybridized carbons (Fsp3) is 0.625. The third kappa shape index (κ3) is 3.24. The van der Waals surface area contributed by atoms with Crippen LogP contribution in [0.5, 0.6) is 5.88 Å². The molecule has 1 aromatic heterocycles. The van der Waals surface area contributed by atoms with Gasteiger partial charge in [-0.05, 0) is 39.8 Å². The van der Waals surface area contributed by atoms with Crippen LogP contribution in [0, 0.1) is 0 Å². The molecule has 0 aromatic carbocycles. The van der Waals surface area contributed by atoms with E-state index in [-0.39, 0.29) is 11.8 Å². The topological polar surface area (TPSA) is 71.5 Å². The number of ketones is 1. The van der Waals surface area contributed by atoms with Crippen molar-refractivity contribution in [3.05, 3.63) is 23.4 Å². The van der Waals surface area contributed by atoms with E-state index in [2.05, 4.69) is 17.2 Å². The molecule has 0 aliphatic carbocycles. The Morgan fingerprint density at radius 2 is 2.24 bits per heavy atom. The molecular formula is C16H24N2O3. The van der Waals surface area contributed by atoms with Crippen LogP contribution in [0.2, 0.25) is 0 Å². The maximum atomic E-state index is 11.5. The van der Waals surface area contributed by atoms with Crippen LogP contribution in [-0.4, -0.2) is 34.1 Å². The number of aliphatic hydroxyl groups excluding tert-OH is 1. The number of nitrogens with zero attached hydrogens (tertiary/aromatic N) is 1. The van der Waals surface area contributed by atoms with Crippen LogP contribution in [0.3, 0.4) is 0 Å². The third-order valence-corrected chi connectivity index (χ3v) is 3.90. The number of hydrogen-bond donors (Lipinski definition) is 2. The summed E-state index contributed by atoms with van der Waals surface area (Å²) in [6, 6.07) is 1.49. The number of Topliss-reactive ketones (excluding diaryl/α,β-unsaturated/α-hetero) is 1. The quantitative estimate of drug-likeness (QED) is 0.643. The lowest BCUT2D eigenvalue weighted by Gasteiger charge is -2.41. The SMILES string of the molecule is CCCCN[C@@H]1c2cc(C(C)=O)cnc2OC(C)(C)[C@H]1O. The Morgan fingerprint density at radius 3 is 2.86 bits per heavy atom. The van der Waals surface area contributed by atoms with Gasteiger partial charge in [0.05, 0.1) is 6.04 Å². The number of fused-ring (bicyclic) bond motifs is 1. The summed E-state index contributed by atoms with van der Waals surface area (Å²) in [6.07, 6.45) is 2.93. The summed E-state index contributed by atoms with van der Waals surface area (Å²) in [7, 11) is 0. The van der Waals surface area contributed by atoms with Crippen molar-refractivity contribution >= 4 is 5.78 Å². The maximum absolute atomic E-state index is 11.5. The molecule has 5 nitrogen and oxygen atoms in total. The average Bonchev–Trinajstić information content (AvgIpc) is 2.42. The molecule has 116 valence electrons. The van der Waals surface area contributed by atoms with Crippen LogP contribution in [0.15, 0.2) is 12.3 Å². The molecule has 0 saturated heterocycles. The molecule has 21 heavy (non-hydrogen) atoms. The van der Waals surface area contributed by atoms with Crippen molar-refractivity contribution in [1.29, 1.82) is 0 Å². The molecule has 0 amide bonds. The van der Waals surface area contributed by atoms with Crippen LogP contribution in [-0.2, 0) is 0 Å². The van der Waals surface area contributed by atoms with Gasteiger partial charge in [0.1, 0.15) is 11.7 Å². The van der Waals surface area contributed by atoms with E-state index in [1.807, 2.05) is 13.8 Å². The van der Waals surface area contributed by atoms with Crippen LogP contribution in [0.1, 0.15) is 62.5 Å². The van der Waals surface area contributed by atoms with E-state index in [1.54, 1.807) is 6.07 Å². The highest BCUT2D eigenvalue weighted by Crippen LogP contribution is 2.38. The van der Waals surface area contributed by atoms with Gasteiger partial charge in [-0.2, -0.15) is 0 Å². The van der Waals surface area contributed by atoms with Gasteiger partial charge in [-0.1, -0.05) is 13.3 Å². The summed E-state index contributed by atoms with van der Waals surface area (Å²) in [4.78, 5) is 15.8. The van der Waals surface area contributed by atoms with Gasteiger partial charge in [-0.15, -0.1) is 0 Å². The number of rotatable bonds is 5. The summed E-state index contributed by atoms with van der Waals surface area (Å²) < 4.78 is 5.79. The molecule has 2 heterocycles. The van der Waals surface area contributed by atoms with E-state index in [9.17, 15) is 9.90 Å². The second kappa shape index (κ2) is 6.12. The van der Waals surface area contributed by atoms with Crippen LogP contribution in [0.4, 0.5) is 0 Å². The first-order valence-electron chi connectivity index (χ1n) is 7.48. The van der Waals surface area contributed by atoms with E-state index in [0.29, 0.717) is 11.4 Å². The first-order valence-corrected chi connectivity index (χ1v) is 7.48. The van der Waals surface area contributed by atoms with Crippen molar-refractivity contribution in [2.75, 3.05) is 6.54 Å². The third-order valence-electron chi connectivity index (χ3n) is 3.90. The molecule has 2 atom stereocenters. The Hall–Kier alpha value is -1.46. The standard InChI is InChI=1S/C16H24N2O3/c1-5-6-7-17-13-12-8-11(10(2)19)9-18-15(12)21-16(3,4)14(13)20/h8-9,13-14,17,20H,5-7H2,1-4H3/t13-,14+/m1/s1. The lowest BCUT2D eigenvalue weighted by Crippen LogP contribution is -2.53. The highest BCUT2D eigenvalue weighted by Gasteiger charge is 2.43. The highest BCUT2D eigenvalue weighted by atomic mass is 16.5. The first-order chi connectivity index (χ1) is 9.86. The number of pyridine rings is 1. The van der Waals surface area contributed by atoms with Crippen molar-refractivity contribution in [3.8, 4) is 5.88 Å². The van der Waals surface area contributed by atoms with Gasteiger partial charge in [0.15, 0.2) is 5.78 Å². The highest BCUT2D eigenvalue weighted by molar-refractivity contribution is 5.94. The maximum Gasteiger partial charge on any atom is 0.218 e. The van der Waals surface area contributed by atoms with E-state index in [1.165, 1.54) is 13.1 Å². The zero-order chi connectivity index (χ0) is 15.6. The van der Waals surface area contributed by atoms with Crippen molar-refractivity contribution < 1.29 is 14.6 Å². The van der Waals surface area contributed by atoms with E-state index in [0.717, 1.165) is 24.9 Å². The molecule has 1 aliphatic heterocycles. The Bertz CT molecular complexity index is 528. The number of aromatic nitrogens is 1. The molecule has 2 rings (SSSR count). The van der Waals surface area contributed by atoms with Crippen molar-refractivity contribution in [2.24, 2.45) is 0 Å². The number of nitrogens with one attached hydrogen (secondary N) is 1. The lowest BCUT2D eigenvalue weighted by molar-refractivity contribution is -0.0673. The van der Waals surface area contributed by atoms with Gasteiger partial charge in [0, 0.05) is 17.3 Å². The largest absolute Gasteiger partial charge is 0.469 e. The Morgan fingerprint density at radius 1 is 1.52 bits per heavy atom. The number of hydrogen-bond acceptors (Lipinski definition) is 5. The van der Waals surface area contributed by atoms with E-state index >= 15 is 0 Å². The van der Waals surface area contributed by atoms with Gasteiger partial charge >= 0.3 is 0 Å². The zero-order valence-electron chi connectivity index (χ0n) is 13.1. The first kappa shape index (κ1) is 15.9. The van der Waals surface area contributed by atoms with Crippen LogP contribution >= 0.6 is 0 Å². The molecule has 0 unspecified atom stereocenters. The van der Waals surface area contributed by atoms with Gasteiger partial charge < -0.3 is 15.2 Å². The van der Waals surface area contributed by atoms with Gasteiger partial charge in [0.2, 0.25) is 5.88 Å². The van der Waals surface area contributed by atoms with Crippen molar-refractivity contribution in [2.45, 2.75) is 58.3 Å². The molecule has 0 saturated carbocycles. The van der Waals surface area contributed by atoms with E-state index in [4.69, 9.17) is 4.74 Å². The zero-order valence-corrected chi connectivity index (χ0v) is 13.1. The molecule has 0 bridgehead atoms. The fourth-order valence-electron chi connectivity index (χ4n) is 2.51. The normalized spacial score (nSPS) is 23.3. The number of unbranched alkanes of at least 4 members (excludes halogenated alkanes) is 1. The number of aliphatic hydroxyl groups is 1.